The number of nitrogens with one attached hydrogen (secondary N) is 1. The van der Waals surface area contributed by atoms with Crippen LogP contribution in [0.1, 0.15) is 23.6 Å². The first-order chi connectivity index (χ1) is 13.7. The molecule has 0 bridgehead atoms. The first kappa shape index (κ1) is 16.6. The number of hydrogen-bond donors (Lipinski definition) is 2. The molecule has 4 aromatic rings. The molecule has 0 fully saturated rings. The largest absolute Gasteiger partial charge is 0.497 e. The van der Waals surface area contributed by atoms with E-state index in [0.717, 1.165) is 41.0 Å². The minimum Gasteiger partial charge on any atom is -0.497 e. The first-order valence-electron chi connectivity index (χ1n) is 9.21. The van der Waals surface area contributed by atoms with Crippen LogP contribution in [-0.4, -0.2) is 26.9 Å². The van der Waals surface area contributed by atoms with E-state index in [9.17, 15) is 0 Å². The summed E-state index contributed by atoms with van der Waals surface area (Å²) in [5, 5.41) is 8.77. The van der Waals surface area contributed by atoms with Crippen LogP contribution in [0.2, 0.25) is 0 Å². The third-order valence-electron chi connectivity index (χ3n) is 5.19. The van der Waals surface area contributed by atoms with Gasteiger partial charge in [-0.25, -0.2) is 9.67 Å². The predicted octanol–water partition coefficient (Wildman–Crippen LogP) is 3.70. The number of aromatic nitrogens is 4. The number of methoxy groups -OCH3 is 1. The summed E-state index contributed by atoms with van der Waals surface area (Å²) in [6.07, 6.45) is 5.61. The molecule has 1 aliphatic carbocycles. The van der Waals surface area contributed by atoms with Crippen molar-refractivity contribution in [2.45, 2.75) is 18.9 Å². The quantitative estimate of drug-likeness (QED) is 0.531. The van der Waals surface area contributed by atoms with Gasteiger partial charge in [0.2, 0.25) is 5.95 Å². The van der Waals surface area contributed by atoms with Crippen molar-refractivity contribution in [2.24, 2.45) is 0 Å². The van der Waals surface area contributed by atoms with Crippen LogP contribution in [0, 0.1) is 0 Å². The van der Waals surface area contributed by atoms with Gasteiger partial charge in [-0.15, -0.1) is 0 Å². The number of nitrogens with zero attached hydrogens (tertiary/aromatic N) is 4. The Kier molecular flexibility index (Phi) is 3.86. The Morgan fingerprint density at radius 2 is 2.00 bits per heavy atom. The number of anilines is 3. The van der Waals surface area contributed by atoms with E-state index in [1.807, 2.05) is 41.2 Å². The van der Waals surface area contributed by atoms with E-state index >= 15 is 0 Å². The van der Waals surface area contributed by atoms with E-state index in [2.05, 4.69) is 27.5 Å². The normalized spacial score (nSPS) is 15.5. The monoisotopic (exact) mass is 372 g/mol. The molecule has 0 radical (unpaired) electrons. The lowest BCUT2D eigenvalue weighted by Crippen LogP contribution is -2.10. The molecule has 2 heterocycles. The standard InChI is InChI=1S/C21H20N6O/c1-28-17-7-8-18-13(10-17)2-9-19(18)27-20-14(12-24-27)11-23-21(26-20)25-16-5-3-15(22)4-6-16/h3-8,10-12,19H,2,9,22H2,1H3,(H,23,25,26). The molecular weight excluding hydrogens is 352 g/mol. The zero-order valence-corrected chi connectivity index (χ0v) is 15.5. The number of nitrogen functional groups attached to an aromatic ring is 1. The van der Waals surface area contributed by atoms with Gasteiger partial charge in [0.15, 0.2) is 5.65 Å². The second-order valence-electron chi connectivity index (χ2n) is 6.93. The molecular formula is C21H20N6O. The summed E-state index contributed by atoms with van der Waals surface area (Å²) in [5.41, 5.74) is 10.8. The summed E-state index contributed by atoms with van der Waals surface area (Å²) in [4.78, 5) is 9.13. The molecule has 2 aromatic carbocycles. The van der Waals surface area contributed by atoms with E-state index in [1.165, 1.54) is 11.1 Å². The molecule has 0 saturated carbocycles. The predicted molar refractivity (Wildman–Crippen MR) is 109 cm³/mol. The highest BCUT2D eigenvalue weighted by atomic mass is 16.5. The van der Waals surface area contributed by atoms with Crippen molar-refractivity contribution in [1.82, 2.24) is 19.7 Å². The van der Waals surface area contributed by atoms with E-state index < -0.39 is 0 Å². The first-order valence-corrected chi connectivity index (χ1v) is 9.21. The molecule has 2 aromatic heterocycles. The van der Waals surface area contributed by atoms with E-state index in [1.54, 1.807) is 13.3 Å². The van der Waals surface area contributed by atoms with Crippen LogP contribution in [0.5, 0.6) is 5.75 Å². The molecule has 1 unspecified atom stereocenters. The van der Waals surface area contributed by atoms with Crippen molar-refractivity contribution < 1.29 is 4.74 Å². The second kappa shape index (κ2) is 6.53. The summed E-state index contributed by atoms with van der Waals surface area (Å²) in [6, 6.07) is 13.9. The number of hydrogen-bond acceptors (Lipinski definition) is 6. The summed E-state index contributed by atoms with van der Waals surface area (Å²) in [7, 11) is 1.70. The van der Waals surface area contributed by atoms with Gasteiger partial charge in [-0.1, -0.05) is 6.07 Å². The topological polar surface area (TPSA) is 90.9 Å². The van der Waals surface area contributed by atoms with E-state index in [-0.39, 0.29) is 6.04 Å². The van der Waals surface area contributed by atoms with Gasteiger partial charge in [0, 0.05) is 17.6 Å². The lowest BCUT2D eigenvalue weighted by molar-refractivity contribution is 0.414. The van der Waals surface area contributed by atoms with E-state index in [4.69, 9.17) is 15.5 Å². The minimum absolute atomic E-state index is 0.165. The second-order valence-corrected chi connectivity index (χ2v) is 6.93. The molecule has 1 atom stereocenters. The van der Waals surface area contributed by atoms with Gasteiger partial charge in [-0.2, -0.15) is 10.1 Å². The lowest BCUT2D eigenvalue weighted by atomic mass is 10.1. The smallest absolute Gasteiger partial charge is 0.229 e. The van der Waals surface area contributed by atoms with Crippen LogP contribution in [0.25, 0.3) is 11.0 Å². The molecule has 1 aliphatic rings. The van der Waals surface area contributed by atoms with Crippen molar-refractivity contribution in [3.63, 3.8) is 0 Å². The van der Waals surface area contributed by atoms with Gasteiger partial charge in [-0.3, -0.25) is 0 Å². The Bertz CT molecular complexity index is 1150. The fraction of sp³-hybridized carbons (Fsp3) is 0.190. The molecule has 28 heavy (non-hydrogen) atoms. The fourth-order valence-electron chi connectivity index (χ4n) is 3.77. The average molecular weight is 372 g/mol. The highest BCUT2D eigenvalue weighted by molar-refractivity contribution is 5.75. The Balaban J connectivity index is 1.50. The van der Waals surface area contributed by atoms with Crippen LogP contribution in [0.3, 0.4) is 0 Å². The van der Waals surface area contributed by atoms with Crippen LogP contribution in [0.15, 0.2) is 54.9 Å². The summed E-state index contributed by atoms with van der Waals surface area (Å²) in [6.45, 7) is 0. The van der Waals surface area contributed by atoms with Crippen LogP contribution in [-0.2, 0) is 6.42 Å². The molecule has 0 spiro atoms. The van der Waals surface area contributed by atoms with Gasteiger partial charge in [-0.05, 0) is 60.4 Å². The SMILES string of the molecule is COc1ccc2c(c1)CCC2n1ncc2cnc(Nc3ccc(N)cc3)nc21. The molecule has 5 rings (SSSR count). The number of ether oxygens (including phenoxy) is 1. The maximum Gasteiger partial charge on any atom is 0.229 e. The lowest BCUT2D eigenvalue weighted by Gasteiger charge is -2.14. The maximum atomic E-state index is 5.75. The number of aryl methyl sites for hydroxylation is 1. The van der Waals surface area contributed by atoms with Gasteiger partial charge in [0.05, 0.1) is 24.7 Å². The number of nitrogens with two attached hydrogens (primary N) is 1. The van der Waals surface area contributed by atoms with Crippen LogP contribution < -0.4 is 15.8 Å². The molecule has 0 amide bonds. The number of fused-ring (bicyclic) bond motifs is 2. The highest BCUT2D eigenvalue weighted by Gasteiger charge is 2.26. The summed E-state index contributed by atoms with van der Waals surface area (Å²) < 4.78 is 7.36. The van der Waals surface area contributed by atoms with Gasteiger partial charge < -0.3 is 15.8 Å². The maximum absolute atomic E-state index is 5.75. The average Bonchev–Trinajstić information content (AvgIpc) is 3.32. The zero-order chi connectivity index (χ0) is 19.1. The van der Waals surface area contributed by atoms with Crippen molar-refractivity contribution in [2.75, 3.05) is 18.2 Å². The molecule has 0 aliphatic heterocycles. The highest BCUT2D eigenvalue weighted by Crippen LogP contribution is 2.37. The molecule has 3 N–H and O–H groups in total. The number of rotatable bonds is 4. The van der Waals surface area contributed by atoms with Crippen LogP contribution >= 0.6 is 0 Å². The number of benzene rings is 2. The third kappa shape index (κ3) is 2.81. The Labute approximate surface area is 162 Å². The van der Waals surface area contributed by atoms with Crippen molar-refractivity contribution in [1.29, 1.82) is 0 Å². The molecule has 7 heteroatoms. The van der Waals surface area contributed by atoms with Crippen molar-refractivity contribution in [3.05, 3.63) is 66.0 Å². The summed E-state index contributed by atoms with van der Waals surface area (Å²) >= 11 is 0. The van der Waals surface area contributed by atoms with Gasteiger partial charge >= 0.3 is 0 Å². The van der Waals surface area contributed by atoms with Gasteiger partial charge in [0.1, 0.15) is 5.75 Å². The Morgan fingerprint density at radius 3 is 2.82 bits per heavy atom. The molecule has 0 saturated heterocycles. The third-order valence-corrected chi connectivity index (χ3v) is 5.19. The van der Waals surface area contributed by atoms with Crippen LogP contribution in [0.4, 0.5) is 17.3 Å². The van der Waals surface area contributed by atoms with E-state index in [0.29, 0.717) is 5.95 Å². The molecule has 7 nitrogen and oxygen atoms in total. The minimum atomic E-state index is 0.165. The van der Waals surface area contributed by atoms with Gasteiger partial charge in [0.25, 0.3) is 0 Å². The zero-order valence-electron chi connectivity index (χ0n) is 15.5. The summed E-state index contributed by atoms with van der Waals surface area (Å²) in [5.74, 6) is 1.43. The fourth-order valence-corrected chi connectivity index (χ4v) is 3.77. The Hall–Kier alpha value is -3.61. The Morgan fingerprint density at radius 1 is 1.14 bits per heavy atom. The van der Waals surface area contributed by atoms with Crippen molar-refractivity contribution >= 4 is 28.4 Å². The molecule has 140 valence electrons. The van der Waals surface area contributed by atoms with Crippen molar-refractivity contribution in [3.8, 4) is 5.75 Å².